The number of hydrogen-bond donors (Lipinski definition) is 1. The van der Waals surface area contributed by atoms with E-state index in [1.807, 2.05) is 13.0 Å². The highest BCUT2D eigenvalue weighted by Crippen LogP contribution is 2.48. The van der Waals surface area contributed by atoms with E-state index in [0.717, 1.165) is 12.0 Å². The van der Waals surface area contributed by atoms with Crippen molar-refractivity contribution in [2.24, 2.45) is 5.92 Å². The third kappa shape index (κ3) is 2.64. The molecule has 1 N–H and O–H groups in total. The molecule has 2 fully saturated rings. The van der Waals surface area contributed by atoms with Gasteiger partial charge in [0.05, 0.1) is 0 Å². The van der Waals surface area contributed by atoms with Gasteiger partial charge in [-0.3, -0.25) is 9.59 Å². The van der Waals surface area contributed by atoms with Crippen molar-refractivity contribution in [2.45, 2.75) is 31.7 Å². The van der Waals surface area contributed by atoms with Crippen LogP contribution in [-0.2, 0) is 9.59 Å². The lowest BCUT2D eigenvalue weighted by molar-refractivity contribution is -0.144. The first kappa shape index (κ1) is 14.0. The highest BCUT2D eigenvalue weighted by atomic mass is 19.1. The monoisotopic (exact) mass is 290 g/mol. The topological polar surface area (TPSA) is 49.4 Å². The number of carbonyl (C=O) groups excluding carboxylic acids is 2. The number of carbonyl (C=O) groups is 2. The normalized spacial score (nSPS) is 28.2. The highest BCUT2D eigenvalue weighted by molar-refractivity contribution is 5.91. The fourth-order valence-corrected chi connectivity index (χ4v) is 3.17. The Morgan fingerprint density at radius 3 is 3.00 bits per heavy atom. The molecular weight excluding hydrogens is 271 g/mol. The van der Waals surface area contributed by atoms with E-state index in [1.165, 1.54) is 12.1 Å². The molecule has 0 radical (unpaired) electrons. The van der Waals surface area contributed by atoms with Gasteiger partial charge in [0.15, 0.2) is 0 Å². The quantitative estimate of drug-likeness (QED) is 0.920. The van der Waals surface area contributed by atoms with E-state index < -0.39 is 0 Å². The molecule has 21 heavy (non-hydrogen) atoms. The second-order valence-electron chi connectivity index (χ2n) is 5.75. The van der Waals surface area contributed by atoms with Crippen LogP contribution in [0.25, 0.3) is 0 Å². The summed E-state index contributed by atoms with van der Waals surface area (Å²) in [5.41, 5.74) is 0.878. The highest BCUT2D eigenvalue weighted by Gasteiger charge is 2.48. The number of hydrogen-bond acceptors (Lipinski definition) is 2. The molecule has 2 aliphatic rings. The molecular formula is C16H19FN2O2. The molecule has 1 heterocycles. The van der Waals surface area contributed by atoms with Gasteiger partial charge >= 0.3 is 0 Å². The van der Waals surface area contributed by atoms with Crippen LogP contribution in [0.5, 0.6) is 0 Å². The lowest BCUT2D eigenvalue weighted by Crippen LogP contribution is -2.57. The molecule has 1 saturated carbocycles. The van der Waals surface area contributed by atoms with Gasteiger partial charge in [0.25, 0.3) is 0 Å². The van der Waals surface area contributed by atoms with E-state index in [-0.39, 0.29) is 35.5 Å². The Morgan fingerprint density at radius 2 is 2.29 bits per heavy atom. The molecule has 1 aliphatic carbocycles. The zero-order chi connectivity index (χ0) is 15.0. The summed E-state index contributed by atoms with van der Waals surface area (Å²) in [5.74, 6) is -0.317. The molecule has 1 aromatic rings. The van der Waals surface area contributed by atoms with Crippen LogP contribution in [0.15, 0.2) is 24.3 Å². The Balaban J connectivity index is 1.71. The number of benzene rings is 1. The summed E-state index contributed by atoms with van der Waals surface area (Å²) in [7, 11) is 0. The van der Waals surface area contributed by atoms with Crippen molar-refractivity contribution in [3.8, 4) is 0 Å². The van der Waals surface area contributed by atoms with Crippen molar-refractivity contribution in [1.82, 2.24) is 10.2 Å². The number of amides is 2. The first-order valence-corrected chi connectivity index (χ1v) is 7.45. The van der Waals surface area contributed by atoms with Crippen molar-refractivity contribution in [3.05, 3.63) is 35.6 Å². The summed E-state index contributed by atoms with van der Waals surface area (Å²) in [4.78, 5) is 26.1. The maximum absolute atomic E-state index is 13.3. The van der Waals surface area contributed by atoms with Crippen LogP contribution in [0, 0.1) is 11.7 Å². The van der Waals surface area contributed by atoms with Gasteiger partial charge in [0, 0.05) is 19.0 Å². The van der Waals surface area contributed by atoms with Crippen LogP contribution in [0.4, 0.5) is 4.39 Å². The second kappa shape index (κ2) is 5.47. The summed E-state index contributed by atoms with van der Waals surface area (Å²) in [5, 5.41) is 2.80. The number of nitrogens with one attached hydrogen (secondary N) is 1. The standard InChI is InChI=1S/C16H19FN2O2/c1-2-14-15(20)18-6-7-19(14)16(21)13-9-12(13)10-4-3-5-11(17)8-10/h3-5,8,12-14H,2,6-7,9H2,1H3,(H,18,20). The fourth-order valence-electron chi connectivity index (χ4n) is 3.17. The third-order valence-corrected chi connectivity index (χ3v) is 4.39. The fraction of sp³-hybridized carbons (Fsp3) is 0.500. The Labute approximate surface area is 123 Å². The zero-order valence-electron chi connectivity index (χ0n) is 12.0. The molecule has 5 heteroatoms. The molecule has 0 aromatic heterocycles. The largest absolute Gasteiger partial charge is 0.353 e. The van der Waals surface area contributed by atoms with Crippen LogP contribution in [0.2, 0.25) is 0 Å². The minimum absolute atomic E-state index is 0.0333. The van der Waals surface area contributed by atoms with Gasteiger partial charge in [-0.1, -0.05) is 19.1 Å². The zero-order valence-corrected chi connectivity index (χ0v) is 12.0. The van der Waals surface area contributed by atoms with Crippen molar-refractivity contribution in [2.75, 3.05) is 13.1 Å². The van der Waals surface area contributed by atoms with Gasteiger partial charge < -0.3 is 10.2 Å². The van der Waals surface area contributed by atoms with Crippen molar-refractivity contribution >= 4 is 11.8 Å². The maximum atomic E-state index is 13.3. The van der Waals surface area contributed by atoms with Gasteiger partial charge in [-0.2, -0.15) is 0 Å². The molecule has 4 nitrogen and oxygen atoms in total. The Morgan fingerprint density at radius 1 is 1.48 bits per heavy atom. The van der Waals surface area contributed by atoms with E-state index in [1.54, 1.807) is 11.0 Å². The molecule has 1 saturated heterocycles. The molecule has 1 aromatic carbocycles. The molecule has 3 atom stereocenters. The maximum Gasteiger partial charge on any atom is 0.242 e. The molecule has 3 rings (SSSR count). The van der Waals surface area contributed by atoms with E-state index in [4.69, 9.17) is 0 Å². The predicted molar refractivity (Wildman–Crippen MR) is 76.0 cm³/mol. The number of nitrogens with zero attached hydrogens (tertiary/aromatic N) is 1. The minimum atomic E-state index is -0.361. The first-order chi connectivity index (χ1) is 10.1. The second-order valence-corrected chi connectivity index (χ2v) is 5.75. The summed E-state index contributed by atoms with van der Waals surface area (Å²) >= 11 is 0. The van der Waals surface area contributed by atoms with E-state index >= 15 is 0 Å². The minimum Gasteiger partial charge on any atom is -0.353 e. The summed E-state index contributed by atoms with van der Waals surface area (Å²) in [6, 6.07) is 6.08. The van der Waals surface area contributed by atoms with Gasteiger partial charge in [-0.25, -0.2) is 4.39 Å². The molecule has 112 valence electrons. The average molecular weight is 290 g/mol. The molecule has 0 bridgehead atoms. The Bertz CT molecular complexity index is 575. The lowest BCUT2D eigenvalue weighted by atomic mass is 10.1. The van der Waals surface area contributed by atoms with E-state index in [0.29, 0.717) is 19.5 Å². The van der Waals surface area contributed by atoms with Crippen LogP contribution >= 0.6 is 0 Å². The van der Waals surface area contributed by atoms with Crippen LogP contribution in [0.1, 0.15) is 31.2 Å². The van der Waals surface area contributed by atoms with Gasteiger partial charge in [0.1, 0.15) is 11.9 Å². The molecule has 0 spiro atoms. The first-order valence-electron chi connectivity index (χ1n) is 7.45. The van der Waals surface area contributed by atoms with Gasteiger partial charge in [0.2, 0.25) is 11.8 Å². The molecule has 3 unspecified atom stereocenters. The number of piperazine rings is 1. The predicted octanol–water partition coefficient (Wildman–Crippen LogP) is 1.67. The van der Waals surface area contributed by atoms with E-state index in [2.05, 4.69) is 5.32 Å². The molecule has 1 aliphatic heterocycles. The molecule has 2 amide bonds. The van der Waals surface area contributed by atoms with Crippen molar-refractivity contribution in [3.63, 3.8) is 0 Å². The van der Waals surface area contributed by atoms with Crippen molar-refractivity contribution < 1.29 is 14.0 Å². The number of rotatable bonds is 3. The van der Waals surface area contributed by atoms with Gasteiger partial charge in [-0.15, -0.1) is 0 Å². The Kier molecular flexibility index (Phi) is 3.66. The third-order valence-electron chi connectivity index (χ3n) is 4.39. The van der Waals surface area contributed by atoms with E-state index in [9.17, 15) is 14.0 Å². The summed E-state index contributed by atoms with van der Waals surface area (Å²) in [6.45, 7) is 2.99. The van der Waals surface area contributed by atoms with Crippen LogP contribution in [0.3, 0.4) is 0 Å². The smallest absolute Gasteiger partial charge is 0.242 e. The average Bonchev–Trinajstić information content (AvgIpc) is 3.26. The van der Waals surface area contributed by atoms with Crippen LogP contribution < -0.4 is 5.32 Å². The lowest BCUT2D eigenvalue weighted by Gasteiger charge is -2.34. The summed E-state index contributed by atoms with van der Waals surface area (Å²) in [6.07, 6.45) is 1.37. The number of halogens is 1. The SMILES string of the molecule is CCC1C(=O)NCCN1C(=O)C1CC1c1cccc(F)c1. The summed E-state index contributed by atoms with van der Waals surface area (Å²) < 4.78 is 13.3. The van der Waals surface area contributed by atoms with Crippen LogP contribution in [-0.4, -0.2) is 35.8 Å². The Hall–Kier alpha value is -1.91. The van der Waals surface area contributed by atoms with Gasteiger partial charge in [-0.05, 0) is 36.5 Å². The van der Waals surface area contributed by atoms with Crippen molar-refractivity contribution in [1.29, 1.82) is 0 Å².